The Labute approximate surface area is 131 Å². The molecule has 0 amide bonds. The number of nitrogens with zero attached hydrogens (tertiary/aromatic N) is 4. The van der Waals surface area contributed by atoms with Crippen LogP contribution in [0.5, 0.6) is 0 Å². The summed E-state index contributed by atoms with van der Waals surface area (Å²) in [5, 5.41) is 18.4. The number of anilines is 4. The molecule has 0 unspecified atom stereocenters. The van der Waals surface area contributed by atoms with Gasteiger partial charge in [0.15, 0.2) is 11.6 Å². The minimum Gasteiger partial charge on any atom is -0.360 e. The van der Waals surface area contributed by atoms with E-state index >= 15 is 0 Å². The van der Waals surface area contributed by atoms with E-state index in [0.29, 0.717) is 28.4 Å². The first kappa shape index (κ1) is 14.3. The van der Waals surface area contributed by atoms with Crippen molar-refractivity contribution in [2.75, 3.05) is 10.6 Å². The van der Waals surface area contributed by atoms with Gasteiger partial charge < -0.3 is 15.2 Å². The summed E-state index contributed by atoms with van der Waals surface area (Å²) in [6, 6.07) is 7.30. The van der Waals surface area contributed by atoms with Gasteiger partial charge in [-0.3, -0.25) is 0 Å². The molecule has 0 bridgehead atoms. The van der Waals surface area contributed by atoms with Gasteiger partial charge in [0.2, 0.25) is 5.95 Å². The predicted molar refractivity (Wildman–Crippen MR) is 83.8 cm³/mol. The number of aryl methyl sites for hydroxylation is 2. The molecule has 112 valence electrons. The standard InChI is InChI=1S/C14H13ClN6O/c1-8-5-10(15)3-4-11(8)17-13-7-16-20-14(19-13)18-12-6-9(2)22-21-12/h3-7H,1-2H3,(H2,17,18,19,20,21). The largest absolute Gasteiger partial charge is 0.360 e. The first-order chi connectivity index (χ1) is 10.6. The Bertz CT molecular complexity index is 804. The fourth-order valence-electron chi connectivity index (χ4n) is 1.86. The second-order valence-corrected chi connectivity index (χ2v) is 5.13. The van der Waals surface area contributed by atoms with E-state index in [4.69, 9.17) is 16.1 Å². The molecule has 0 atom stereocenters. The average molecular weight is 317 g/mol. The number of nitrogens with one attached hydrogen (secondary N) is 2. The maximum atomic E-state index is 5.95. The van der Waals surface area contributed by atoms with Gasteiger partial charge in [-0.05, 0) is 37.6 Å². The van der Waals surface area contributed by atoms with Gasteiger partial charge in [-0.2, -0.15) is 10.1 Å². The molecule has 0 saturated carbocycles. The SMILES string of the molecule is Cc1cc(Nc2nncc(Nc3ccc(Cl)cc3C)n2)no1. The molecule has 0 aliphatic carbocycles. The Hall–Kier alpha value is -2.67. The fraction of sp³-hybridized carbons (Fsp3) is 0.143. The molecule has 0 radical (unpaired) electrons. The summed E-state index contributed by atoms with van der Waals surface area (Å²) in [7, 11) is 0. The summed E-state index contributed by atoms with van der Waals surface area (Å²) in [4.78, 5) is 4.33. The first-order valence-corrected chi connectivity index (χ1v) is 6.91. The summed E-state index contributed by atoms with van der Waals surface area (Å²) < 4.78 is 4.97. The highest BCUT2D eigenvalue weighted by atomic mass is 35.5. The van der Waals surface area contributed by atoms with E-state index in [1.165, 1.54) is 6.20 Å². The number of hydrogen-bond acceptors (Lipinski definition) is 7. The maximum absolute atomic E-state index is 5.95. The van der Waals surface area contributed by atoms with E-state index in [-0.39, 0.29) is 0 Å². The molecule has 22 heavy (non-hydrogen) atoms. The molecule has 0 saturated heterocycles. The van der Waals surface area contributed by atoms with E-state index in [0.717, 1.165) is 11.3 Å². The molecule has 7 nitrogen and oxygen atoms in total. The third kappa shape index (κ3) is 3.32. The van der Waals surface area contributed by atoms with E-state index in [1.807, 2.05) is 25.1 Å². The highest BCUT2D eigenvalue weighted by molar-refractivity contribution is 6.30. The van der Waals surface area contributed by atoms with Gasteiger partial charge in [0.1, 0.15) is 5.76 Å². The topological polar surface area (TPSA) is 88.8 Å². The molecule has 1 aromatic carbocycles. The molecule has 0 aliphatic rings. The van der Waals surface area contributed by atoms with Crippen LogP contribution in [0.2, 0.25) is 5.02 Å². The van der Waals surface area contributed by atoms with Gasteiger partial charge >= 0.3 is 0 Å². The van der Waals surface area contributed by atoms with Crippen LogP contribution < -0.4 is 10.6 Å². The molecule has 8 heteroatoms. The zero-order valence-corrected chi connectivity index (χ0v) is 12.7. The van der Waals surface area contributed by atoms with Crippen LogP contribution in [0.4, 0.5) is 23.3 Å². The van der Waals surface area contributed by atoms with Crippen LogP contribution in [0.25, 0.3) is 0 Å². The van der Waals surface area contributed by atoms with Crippen molar-refractivity contribution in [1.29, 1.82) is 0 Å². The highest BCUT2D eigenvalue weighted by Crippen LogP contribution is 2.23. The molecule has 3 aromatic rings. The van der Waals surface area contributed by atoms with Gasteiger partial charge in [0, 0.05) is 16.8 Å². The van der Waals surface area contributed by atoms with Gasteiger partial charge in [-0.1, -0.05) is 16.8 Å². The summed E-state index contributed by atoms with van der Waals surface area (Å²) in [5.74, 6) is 2.11. The van der Waals surface area contributed by atoms with Gasteiger partial charge in [0.25, 0.3) is 0 Å². The van der Waals surface area contributed by atoms with E-state index in [1.54, 1.807) is 13.0 Å². The molecule has 2 aromatic heterocycles. The summed E-state index contributed by atoms with van der Waals surface area (Å²) in [6.45, 7) is 3.76. The van der Waals surface area contributed by atoms with Crippen molar-refractivity contribution in [2.24, 2.45) is 0 Å². The van der Waals surface area contributed by atoms with Gasteiger partial charge in [-0.15, -0.1) is 5.10 Å². The van der Waals surface area contributed by atoms with Crippen molar-refractivity contribution in [2.45, 2.75) is 13.8 Å². The van der Waals surface area contributed by atoms with Crippen molar-refractivity contribution in [3.8, 4) is 0 Å². The molecule has 3 rings (SSSR count). The second kappa shape index (κ2) is 5.98. The predicted octanol–water partition coefficient (Wildman–Crippen LogP) is 3.62. The van der Waals surface area contributed by atoms with Crippen LogP contribution in [0, 0.1) is 13.8 Å². The monoisotopic (exact) mass is 316 g/mol. The maximum Gasteiger partial charge on any atom is 0.250 e. The van der Waals surface area contributed by atoms with E-state index in [9.17, 15) is 0 Å². The molecule has 2 N–H and O–H groups in total. The average Bonchev–Trinajstić information content (AvgIpc) is 2.88. The van der Waals surface area contributed by atoms with Gasteiger partial charge in [0.05, 0.1) is 6.20 Å². The highest BCUT2D eigenvalue weighted by Gasteiger charge is 2.06. The lowest BCUT2D eigenvalue weighted by atomic mass is 10.2. The minimum atomic E-state index is 0.324. The Morgan fingerprint density at radius 1 is 1.09 bits per heavy atom. The van der Waals surface area contributed by atoms with Crippen molar-refractivity contribution in [3.05, 3.63) is 46.8 Å². The van der Waals surface area contributed by atoms with Crippen LogP contribution in [0.15, 0.2) is 35.0 Å². The lowest BCUT2D eigenvalue weighted by Gasteiger charge is -2.09. The van der Waals surface area contributed by atoms with Crippen LogP contribution in [-0.4, -0.2) is 20.3 Å². The Kier molecular flexibility index (Phi) is 3.88. The zero-order chi connectivity index (χ0) is 15.5. The molecule has 0 aliphatic heterocycles. The Morgan fingerprint density at radius 2 is 1.95 bits per heavy atom. The van der Waals surface area contributed by atoms with Crippen LogP contribution in [0.1, 0.15) is 11.3 Å². The van der Waals surface area contributed by atoms with Crippen molar-refractivity contribution in [1.82, 2.24) is 20.3 Å². The smallest absolute Gasteiger partial charge is 0.250 e. The molecular formula is C14H13ClN6O. The zero-order valence-electron chi connectivity index (χ0n) is 12.0. The molecule has 2 heterocycles. The number of halogens is 1. The van der Waals surface area contributed by atoms with Crippen molar-refractivity contribution >= 4 is 34.9 Å². The third-order valence-electron chi connectivity index (χ3n) is 2.88. The fourth-order valence-corrected chi connectivity index (χ4v) is 2.09. The third-order valence-corrected chi connectivity index (χ3v) is 3.11. The molecular weight excluding hydrogens is 304 g/mol. The van der Waals surface area contributed by atoms with Crippen LogP contribution >= 0.6 is 11.6 Å². The summed E-state index contributed by atoms with van der Waals surface area (Å²) in [6.07, 6.45) is 1.53. The molecule has 0 fully saturated rings. The quantitative estimate of drug-likeness (QED) is 0.759. The summed E-state index contributed by atoms with van der Waals surface area (Å²) in [5.41, 5.74) is 1.90. The van der Waals surface area contributed by atoms with E-state index < -0.39 is 0 Å². The summed E-state index contributed by atoms with van der Waals surface area (Å²) >= 11 is 5.95. The van der Waals surface area contributed by atoms with Crippen LogP contribution in [-0.2, 0) is 0 Å². The van der Waals surface area contributed by atoms with Gasteiger partial charge in [-0.25, -0.2) is 0 Å². The Morgan fingerprint density at radius 3 is 2.68 bits per heavy atom. The number of hydrogen-bond donors (Lipinski definition) is 2. The lowest BCUT2D eigenvalue weighted by molar-refractivity contribution is 0.400. The Balaban J connectivity index is 1.78. The van der Waals surface area contributed by atoms with Crippen LogP contribution in [0.3, 0.4) is 0 Å². The first-order valence-electron chi connectivity index (χ1n) is 6.53. The normalized spacial score (nSPS) is 10.5. The lowest BCUT2D eigenvalue weighted by Crippen LogP contribution is -2.03. The van der Waals surface area contributed by atoms with E-state index in [2.05, 4.69) is 31.0 Å². The molecule has 0 spiro atoms. The number of aromatic nitrogens is 4. The number of rotatable bonds is 4. The minimum absolute atomic E-state index is 0.324. The second-order valence-electron chi connectivity index (χ2n) is 4.70. The van der Waals surface area contributed by atoms with Crippen molar-refractivity contribution in [3.63, 3.8) is 0 Å². The van der Waals surface area contributed by atoms with Crippen molar-refractivity contribution < 1.29 is 4.52 Å². The number of benzene rings is 1.